The van der Waals surface area contributed by atoms with Crippen molar-refractivity contribution in [2.75, 3.05) is 32.7 Å². The zero-order valence-corrected chi connectivity index (χ0v) is 12.9. The van der Waals surface area contributed by atoms with Crippen LogP contribution in [0.2, 0.25) is 0 Å². The number of rotatable bonds is 5. The van der Waals surface area contributed by atoms with Crippen LogP contribution < -0.4 is 5.32 Å². The number of nitrogens with one attached hydrogen (secondary N) is 1. The third kappa shape index (κ3) is 3.84. The van der Waals surface area contributed by atoms with Gasteiger partial charge in [0.05, 0.1) is 0 Å². The van der Waals surface area contributed by atoms with Gasteiger partial charge in [-0.1, -0.05) is 18.2 Å². The van der Waals surface area contributed by atoms with Gasteiger partial charge in [0.25, 0.3) is 0 Å². The second-order valence-corrected chi connectivity index (χ2v) is 6.25. The zero-order valence-electron chi connectivity index (χ0n) is 12.9. The molecule has 2 heterocycles. The van der Waals surface area contributed by atoms with Crippen molar-refractivity contribution in [3.8, 4) is 0 Å². The molecule has 0 aliphatic carbocycles. The van der Waals surface area contributed by atoms with Gasteiger partial charge in [-0.05, 0) is 25.5 Å². The fraction of sp³-hybridized carbons (Fsp3) is 0.588. The fourth-order valence-corrected chi connectivity index (χ4v) is 3.44. The van der Waals surface area contributed by atoms with Crippen LogP contribution in [0.3, 0.4) is 0 Å². The summed E-state index contributed by atoms with van der Waals surface area (Å²) < 4.78 is 13.5. The average Bonchev–Trinajstić information content (AvgIpc) is 2.99. The highest BCUT2D eigenvalue weighted by atomic mass is 19.1. The lowest BCUT2D eigenvalue weighted by Gasteiger charge is -2.37. The molecular formula is C17H24FN3O. The molecule has 1 aromatic rings. The number of carbonyl (C=O) groups is 1. The molecule has 2 saturated heterocycles. The number of carbonyl (C=O) groups excluding carboxylic acids is 1. The SMILES string of the molecule is O=C(CCN1CCN2CCC[C@H]2C1)NCc1ccccc1F. The summed E-state index contributed by atoms with van der Waals surface area (Å²) in [5.41, 5.74) is 0.537. The van der Waals surface area contributed by atoms with E-state index in [0.29, 0.717) is 18.0 Å². The number of hydrogen-bond acceptors (Lipinski definition) is 3. The van der Waals surface area contributed by atoms with Gasteiger partial charge >= 0.3 is 0 Å². The lowest BCUT2D eigenvalue weighted by Crippen LogP contribution is -2.50. The minimum atomic E-state index is -0.264. The van der Waals surface area contributed by atoms with Gasteiger partial charge in [0.1, 0.15) is 5.82 Å². The Morgan fingerprint density at radius 1 is 1.27 bits per heavy atom. The van der Waals surface area contributed by atoms with E-state index >= 15 is 0 Å². The first kappa shape index (κ1) is 15.4. The van der Waals surface area contributed by atoms with E-state index in [1.807, 2.05) is 0 Å². The number of piperazine rings is 1. The summed E-state index contributed by atoms with van der Waals surface area (Å²) in [5, 5.41) is 2.81. The van der Waals surface area contributed by atoms with Crippen molar-refractivity contribution in [3.63, 3.8) is 0 Å². The summed E-state index contributed by atoms with van der Waals surface area (Å²) in [6.07, 6.45) is 3.08. The molecular weight excluding hydrogens is 281 g/mol. The van der Waals surface area contributed by atoms with Crippen LogP contribution in [-0.2, 0) is 11.3 Å². The normalized spacial score (nSPS) is 22.5. The van der Waals surface area contributed by atoms with Crippen LogP contribution in [0.1, 0.15) is 24.8 Å². The van der Waals surface area contributed by atoms with Crippen molar-refractivity contribution in [1.82, 2.24) is 15.1 Å². The van der Waals surface area contributed by atoms with E-state index in [-0.39, 0.29) is 18.3 Å². The van der Waals surface area contributed by atoms with Gasteiger partial charge in [0.2, 0.25) is 5.91 Å². The molecule has 0 unspecified atom stereocenters. The Morgan fingerprint density at radius 3 is 3.00 bits per heavy atom. The number of hydrogen-bond donors (Lipinski definition) is 1. The quantitative estimate of drug-likeness (QED) is 0.898. The van der Waals surface area contributed by atoms with E-state index in [4.69, 9.17) is 0 Å². The van der Waals surface area contributed by atoms with Crippen molar-refractivity contribution in [2.45, 2.75) is 31.8 Å². The van der Waals surface area contributed by atoms with Crippen molar-refractivity contribution in [1.29, 1.82) is 0 Å². The Kier molecular flexibility index (Phi) is 5.05. The molecule has 120 valence electrons. The van der Waals surface area contributed by atoms with Crippen molar-refractivity contribution < 1.29 is 9.18 Å². The second kappa shape index (κ2) is 7.20. The third-order valence-corrected chi connectivity index (χ3v) is 4.76. The van der Waals surface area contributed by atoms with Gasteiger partial charge in [-0.15, -0.1) is 0 Å². The molecule has 1 amide bonds. The van der Waals surface area contributed by atoms with Crippen LogP contribution in [0.25, 0.3) is 0 Å². The van der Waals surface area contributed by atoms with E-state index in [9.17, 15) is 9.18 Å². The highest BCUT2D eigenvalue weighted by molar-refractivity contribution is 5.76. The summed E-state index contributed by atoms with van der Waals surface area (Å²) in [6.45, 7) is 5.57. The van der Waals surface area contributed by atoms with Gasteiger partial charge < -0.3 is 5.32 Å². The summed E-state index contributed by atoms with van der Waals surface area (Å²) in [7, 11) is 0. The molecule has 0 aromatic heterocycles. The first-order valence-electron chi connectivity index (χ1n) is 8.19. The topological polar surface area (TPSA) is 35.6 Å². The molecule has 0 radical (unpaired) electrons. The fourth-order valence-electron chi connectivity index (χ4n) is 3.44. The average molecular weight is 305 g/mol. The summed E-state index contributed by atoms with van der Waals surface area (Å²) in [4.78, 5) is 16.9. The Hall–Kier alpha value is -1.46. The predicted octanol–water partition coefficient (Wildman–Crippen LogP) is 1.61. The first-order valence-corrected chi connectivity index (χ1v) is 8.19. The second-order valence-electron chi connectivity index (χ2n) is 6.25. The standard InChI is InChI=1S/C17H24FN3O/c18-16-6-2-1-4-14(16)12-19-17(22)7-9-20-10-11-21-8-3-5-15(21)13-20/h1-2,4,6,15H,3,5,7-13H2,(H,19,22)/t15-/m0/s1. The smallest absolute Gasteiger partial charge is 0.221 e. The molecule has 2 fully saturated rings. The molecule has 5 heteroatoms. The Labute approximate surface area is 131 Å². The third-order valence-electron chi connectivity index (χ3n) is 4.76. The lowest BCUT2D eigenvalue weighted by molar-refractivity contribution is -0.121. The maximum atomic E-state index is 13.5. The van der Waals surface area contributed by atoms with Crippen LogP contribution in [0.15, 0.2) is 24.3 Å². The van der Waals surface area contributed by atoms with E-state index in [1.54, 1.807) is 18.2 Å². The largest absolute Gasteiger partial charge is 0.352 e. The minimum Gasteiger partial charge on any atom is -0.352 e. The van der Waals surface area contributed by atoms with Gasteiger partial charge in [-0.25, -0.2) is 4.39 Å². The van der Waals surface area contributed by atoms with Crippen LogP contribution in [0.5, 0.6) is 0 Å². The van der Waals surface area contributed by atoms with E-state index in [0.717, 1.165) is 26.2 Å². The van der Waals surface area contributed by atoms with Gasteiger partial charge in [0, 0.05) is 50.7 Å². The van der Waals surface area contributed by atoms with Gasteiger partial charge in [-0.3, -0.25) is 14.6 Å². The monoisotopic (exact) mass is 305 g/mol. The first-order chi connectivity index (χ1) is 10.7. The molecule has 2 aliphatic heterocycles. The molecule has 1 aromatic carbocycles. The van der Waals surface area contributed by atoms with Crippen LogP contribution in [-0.4, -0.2) is 54.5 Å². The molecule has 2 aliphatic rings. The molecule has 22 heavy (non-hydrogen) atoms. The van der Waals surface area contributed by atoms with E-state index in [2.05, 4.69) is 15.1 Å². The molecule has 0 bridgehead atoms. The Balaban J connectivity index is 1.38. The molecule has 1 atom stereocenters. The van der Waals surface area contributed by atoms with Gasteiger partial charge in [-0.2, -0.15) is 0 Å². The molecule has 3 rings (SSSR count). The predicted molar refractivity (Wildman–Crippen MR) is 83.9 cm³/mol. The Morgan fingerprint density at radius 2 is 2.14 bits per heavy atom. The van der Waals surface area contributed by atoms with Gasteiger partial charge in [0.15, 0.2) is 0 Å². The molecule has 0 spiro atoms. The molecule has 0 saturated carbocycles. The molecule has 1 N–H and O–H groups in total. The van der Waals surface area contributed by atoms with Crippen molar-refractivity contribution in [3.05, 3.63) is 35.6 Å². The van der Waals surface area contributed by atoms with Crippen LogP contribution >= 0.6 is 0 Å². The van der Waals surface area contributed by atoms with Crippen molar-refractivity contribution in [2.24, 2.45) is 0 Å². The zero-order chi connectivity index (χ0) is 15.4. The number of benzene rings is 1. The highest BCUT2D eigenvalue weighted by Gasteiger charge is 2.30. The summed E-state index contributed by atoms with van der Waals surface area (Å²) in [5.74, 6) is -0.266. The Bertz CT molecular complexity index is 522. The number of amides is 1. The number of nitrogens with zero attached hydrogens (tertiary/aromatic N) is 2. The van der Waals surface area contributed by atoms with E-state index in [1.165, 1.54) is 25.5 Å². The maximum Gasteiger partial charge on any atom is 0.221 e. The lowest BCUT2D eigenvalue weighted by atomic mass is 10.1. The minimum absolute atomic E-state index is 0.00268. The van der Waals surface area contributed by atoms with Crippen LogP contribution in [0.4, 0.5) is 4.39 Å². The number of fused-ring (bicyclic) bond motifs is 1. The van der Waals surface area contributed by atoms with Crippen molar-refractivity contribution >= 4 is 5.91 Å². The van der Waals surface area contributed by atoms with E-state index < -0.39 is 0 Å². The maximum absolute atomic E-state index is 13.5. The molecule has 4 nitrogen and oxygen atoms in total. The van der Waals surface area contributed by atoms with Crippen LogP contribution in [0, 0.1) is 5.82 Å². The number of halogens is 1. The summed E-state index contributed by atoms with van der Waals surface area (Å²) >= 11 is 0. The highest BCUT2D eigenvalue weighted by Crippen LogP contribution is 2.21. The summed E-state index contributed by atoms with van der Waals surface area (Å²) in [6, 6.07) is 7.25.